The van der Waals surface area contributed by atoms with Crippen LogP contribution in [0.4, 0.5) is 4.39 Å². The van der Waals surface area contributed by atoms with Gasteiger partial charge < -0.3 is 14.7 Å². The van der Waals surface area contributed by atoms with E-state index in [9.17, 15) is 4.39 Å². The molecule has 33 heavy (non-hydrogen) atoms. The number of rotatable bonds is 8. The molecule has 1 N–H and O–H groups in total. The zero-order chi connectivity index (χ0) is 23.4. The van der Waals surface area contributed by atoms with Gasteiger partial charge in [0.25, 0.3) is 5.89 Å². The van der Waals surface area contributed by atoms with Crippen LogP contribution >= 0.6 is 24.0 Å². The van der Waals surface area contributed by atoms with Crippen molar-refractivity contribution >= 4 is 34.7 Å². The molecular formula is C25H27FN4OS2. The second-order valence-electron chi connectivity index (χ2n) is 7.94. The van der Waals surface area contributed by atoms with Crippen LogP contribution in [0.3, 0.4) is 0 Å². The highest BCUT2D eigenvalue weighted by molar-refractivity contribution is 7.98. The minimum absolute atomic E-state index is 0.211. The van der Waals surface area contributed by atoms with Crippen molar-refractivity contribution in [1.29, 1.82) is 0 Å². The summed E-state index contributed by atoms with van der Waals surface area (Å²) >= 11 is 7.45. The third-order valence-electron chi connectivity index (χ3n) is 5.79. The molecule has 172 valence electrons. The van der Waals surface area contributed by atoms with Crippen LogP contribution in [-0.4, -0.2) is 33.0 Å². The summed E-state index contributed by atoms with van der Waals surface area (Å²) in [6, 6.07) is 14.3. The van der Waals surface area contributed by atoms with Gasteiger partial charge in [-0.15, -0.1) is 11.8 Å². The molecule has 2 heterocycles. The topological polar surface area (TPSA) is 54.2 Å². The summed E-state index contributed by atoms with van der Waals surface area (Å²) in [6.07, 6.45) is 5.37. The molecule has 0 saturated carbocycles. The lowest BCUT2D eigenvalue weighted by Gasteiger charge is -2.37. The van der Waals surface area contributed by atoms with E-state index >= 15 is 0 Å². The number of thiocarbonyl (C=S) groups is 1. The molecule has 0 saturated heterocycles. The molecule has 0 spiro atoms. The Bertz CT molecular complexity index is 1140. The fraction of sp³-hybridized carbons (Fsp3) is 0.320. The molecule has 0 radical (unpaired) electrons. The summed E-state index contributed by atoms with van der Waals surface area (Å²) < 4.78 is 19.1. The quantitative estimate of drug-likeness (QED) is 0.225. The van der Waals surface area contributed by atoms with Gasteiger partial charge in [0.2, 0.25) is 5.82 Å². The average molecular weight is 483 g/mol. The highest BCUT2D eigenvalue weighted by Crippen LogP contribution is 2.38. The zero-order valence-electron chi connectivity index (χ0n) is 19.0. The lowest BCUT2D eigenvalue weighted by Crippen LogP contribution is -2.46. The van der Waals surface area contributed by atoms with Gasteiger partial charge in [-0.3, -0.25) is 0 Å². The van der Waals surface area contributed by atoms with Crippen LogP contribution in [0, 0.1) is 5.82 Å². The molecule has 2 aromatic carbocycles. The minimum atomic E-state index is -0.303. The summed E-state index contributed by atoms with van der Waals surface area (Å²) in [7, 11) is 0. The van der Waals surface area contributed by atoms with Gasteiger partial charge in [0, 0.05) is 22.7 Å². The van der Waals surface area contributed by atoms with Crippen molar-refractivity contribution in [3.63, 3.8) is 0 Å². The van der Waals surface area contributed by atoms with Crippen LogP contribution in [-0.2, 0) is 0 Å². The van der Waals surface area contributed by atoms with E-state index in [2.05, 4.69) is 64.7 Å². The second kappa shape index (κ2) is 10.5. The highest BCUT2D eigenvalue weighted by Gasteiger charge is 2.33. The van der Waals surface area contributed by atoms with Crippen molar-refractivity contribution in [3.05, 3.63) is 71.5 Å². The highest BCUT2D eigenvalue weighted by atomic mass is 32.2. The smallest absolute Gasteiger partial charge is 0.258 e. The number of unbranched alkanes of at least 4 members (excludes halogenated alkanes) is 2. The maximum absolute atomic E-state index is 13.4. The van der Waals surface area contributed by atoms with Crippen LogP contribution < -0.4 is 5.32 Å². The number of halogens is 1. The van der Waals surface area contributed by atoms with Crippen molar-refractivity contribution in [2.75, 3.05) is 12.8 Å². The molecule has 0 aliphatic carbocycles. The van der Waals surface area contributed by atoms with E-state index in [1.54, 1.807) is 23.9 Å². The monoisotopic (exact) mass is 482 g/mol. The van der Waals surface area contributed by atoms with E-state index in [0.29, 0.717) is 22.4 Å². The van der Waals surface area contributed by atoms with Crippen molar-refractivity contribution < 1.29 is 8.91 Å². The van der Waals surface area contributed by atoms with Crippen LogP contribution in [0.15, 0.2) is 63.6 Å². The fourth-order valence-corrected chi connectivity index (χ4v) is 4.70. The molecule has 3 aromatic rings. The number of hydrogen-bond donors (Lipinski definition) is 1. The van der Waals surface area contributed by atoms with Gasteiger partial charge in [-0.05, 0) is 73.8 Å². The van der Waals surface area contributed by atoms with Crippen LogP contribution in [0.25, 0.3) is 17.0 Å². The summed E-state index contributed by atoms with van der Waals surface area (Å²) in [5.41, 5.74) is 3.67. The summed E-state index contributed by atoms with van der Waals surface area (Å²) in [6.45, 7) is 5.07. The third-order valence-corrected chi connectivity index (χ3v) is 6.87. The van der Waals surface area contributed by atoms with Gasteiger partial charge in [-0.25, -0.2) is 4.39 Å². The minimum Gasteiger partial charge on any atom is -0.351 e. The number of thioether (sulfide) groups is 1. The number of nitrogens with zero attached hydrogens (tertiary/aromatic N) is 3. The molecule has 1 aliphatic rings. The number of allylic oxidation sites excluding steroid dienone is 1. The van der Waals surface area contributed by atoms with E-state index in [-0.39, 0.29) is 11.9 Å². The average Bonchev–Trinajstić information content (AvgIpc) is 3.31. The summed E-state index contributed by atoms with van der Waals surface area (Å²) in [4.78, 5) is 7.99. The van der Waals surface area contributed by atoms with Crippen molar-refractivity contribution in [3.8, 4) is 11.4 Å². The van der Waals surface area contributed by atoms with E-state index < -0.39 is 0 Å². The van der Waals surface area contributed by atoms with Gasteiger partial charge in [0.1, 0.15) is 5.82 Å². The largest absolute Gasteiger partial charge is 0.351 e. The molecule has 1 unspecified atom stereocenters. The van der Waals surface area contributed by atoms with Gasteiger partial charge in [0.15, 0.2) is 5.11 Å². The SMILES string of the molecule is CCCCCN1C(=S)NC(c2ccc(SC)cc2)C(c2nc(-c3ccc(F)cc3)no2)=C1C. The maximum Gasteiger partial charge on any atom is 0.258 e. The molecule has 1 atom stereocenters. The Morgan fingerprint density at radius 2 is 1.85 bits per heavy atom. The fourth-order valence-electron chi connectivity index (χ4n) is 3.94. The summed E-state index contributed by atoms with van der Waals surface area (Å²) in [5.74, 6) is 0.552. The van der Waals surface area contributed by atoms with Crippen LogP contribution in [0.5, 0.6) is 0 Å². The third kappa shape index (κ3) is 5.12. The van der Waals surface area contributed by atoms with Crippen LogP contribution in [0.2, 0.25) is 0 Å². The van der Waals surface area contributed by atoms with Crippen LogP contribution in [0.1, 0.15) is 50.6 Å². The molecule has 0 bridgehead atoms. The number of aromatic nitrogens is 2. The first-order valence-corrected chi connectivity index (χ1v) is 12.7. The van der Waals surface area contributed by atoms with Gasteiger partial charge in [0.05, 0.1) is 11.6 Å². The Balaban J connectivity index is 1.75. The first-order chi connectivity index (χ1) is 16.0. The van der Waals surface area contributed by atoms with Crippen molar-refractivity contribution in [1.82, 2.24) is 20.4 Å². The van der Waals surface area contributed by atoms with E-state index in [4.69, 9.17) is 16.7 Å². The Labute approximate surface area is 203 Å². The Kier molecular flexibility index (Phi) is 7.45. The Morgan fingerprint density at radius 3 is 2.52 bits per heavy atom. The first-order valence-electron chi connectivity index (χ1n) is 11.0. The Morgan fingerprint density at radius 1 is 1.12 bits per heavy atom. The van der Waals surface area contributed by atoms with Crippen molar-refractivity contribution in [2.24, 2.45) is 0 Å². The van der Waals surface area contributed by atoms with E-state index in [1.165, 1.54) is 17.0 Å². The standard InChI is InChI=1S/C25H27FN4OS2/c1-4-5-6-15-30-16(2)21(22(27-25(30)32)17-9-13-20(33-3)14-10-17)24-28-23(29-31-24)18-7-11-19(26)12-8-18/h7-14,22H,4-6,15H2,1-3H3,(H,27,32). The molecule has 1 aliphatic heterocycles. The van der Waals surface area contributed by atoms with E-state index in [1.807, 2.05) is 0 Å². The van der Waals surface area contributed by atoms with Gasteiger partial charge in [-0.2, -0.15) is 4.98 Å². The maximum atomic E-state index is 13.4. The molecule has 0 amide bonds. The normalized spacial score (nSPS) is 16.3. The number of hydrogen-bond acceptors (Lipinski definition) is 5. The predicted molar refractivity (Wildman–Crippen MR) is 135 cm³/mol. The van der Waals surface area contributed by atoms with Gasteiger partial charge in [-0.1, -0.05) is 37.1 Å². The molecular weight excluding hydrogens is 455 g/mol. The zero-order valence-corrected chi connectivity index (χ0v) is 20.6. The Hall–Kier alpha value is -2.71. The number of nitrogens with one attached hydrogen (secondary N) is 1. The number of benzene rings is 2. The molecule has 5 nitrogen and oxygen atoms in total. The second-order valence-corrected chi connectivity index (χ2v) is 9.21. The lowest BCUT2D eigenvalue weighted by atomic mass is 9.94. The summed E-state index contributed by atoms with van der Waals surface area (Å²) in [5, 5.41) is 8.37. The van der Waals surface area contributed by atoms with Crippen molar-refractivity contribution in [2.45, 2.75) is 44.0 Å². The lowest BCUT2D eigenvalue weighted by molar-refractivity contribution is 0.395. The van der Waals surface area contributed by atoms with Gasteiger partial charge >= 0.3 is 0 Å². The molecule has 8 heteroatoms. The van der Waals surface area contributed by atoms with E-state index in [0.717, 1.165) is 42.6 Å². The first kappa shape index (κ1) is 23.4. The predicted octanol–water partition coefficient (Wildman–Crippen LogP) is 6.45. The molecule has 1 aromatic heterocycles. The molecule has 4 rings (SSSR count). The molecule has 0 fully saturated rings.